The largest absolute Gasteiger partial charge is 0.391 e. The molecule has 2 atom stereocenters. The highest BCUT2D eigenvalue weighted by molar-refractivity contribution is 5.99. The predicted molar refractivity (Wildman–Crippen MR) is 64.3 cm³/mol. The number of H-pyrrole nitrogens is 1. The number of rotatable bonds is 3. The van der Waals surface area contributed by atoms with Gasteiger partial charge in [0, 0.05) is 0 Å². The second kappa shape index (κ2) is 4.34. The molecule has 0 spiro atoms. The molecule has 18 heavy (non-hydrogen) atoms. The zero-order valence-corrected chi connectivity index (χ0v) is 9.63. The molecule has 3 N–H and O–H groups in total. The lowest BCUT2D eigenvalue weighted by Gasteiger charge is -2.17. The number of fused-ring (bicyclic) bond motifs is 1. The van der Waals surface area contributed by atoms with Crippen molar-refractivity contribution in [1.29, 1.82) is 0 Å². The molecule has 3 rings (SSSR count). The van der Waals surface area contributed by atoms with E-state index in [-0.39, 0.29) is 12.1 Å². The van der Waals surface area contributed by atoms with Crippen LogP contribution < -0.4 is 5.32 Å². The Morgan fingerprint density at radius 2 is 2.33 bits per heavy atom. The highest BCUT2D eigenvalue weighted by Gasteiger charge is 2.26. The van der Waals surface area contributed by atoms with Crippen LogP contribution in [0.25, 0.3) is 11.0 Å². The van der Waals surface area contributed by atoms with Crippen LogP contribution in [0.15, 0.2) is 6.33 Å². The van der Waals surface area contributed by atoms with E-state index in [4.69, 9.17) is 0 Å². The van der Waals surface area contributed by atoms with Gasteiger partial charge in [0.05, 0.1) is 17.5 Å². The first-order valence-electron chi connectivity index (χ1n) is 5.88. The van der Waals surface area contributed by atoms with Crippen LogP contribution in [0.5, 0.6) is 0 Å². The molecule has 1 aliphatic carbocycles. The average Bonchev–Trinajstić information content (AvgIpc) is 2.97. The van der Waals surface area contributed by atoms with E-state index in [2.05, 4.69) is 25.5 Å². The van der Waals surface area contributed by atoms with E-state index in [9.17, 15) is 9.90 Å². The molecule has 7 heteroatoms. The maximum absolute atomic E-state index is 10.9. The number of nitrogens with one attached hydrogen (secondary N) is 2. The Bertz CT molecular complexity index is 582. The van der Waals surface area contributed by atoms with Crippen molar-refractivity contribution in [3.05, 3.63) is 12.0 Å². The summed E-state index contributed by atoms with van der Waals surface area (Å²) in [4.78, 5) is 19.1. The van der Waals surface area contributed by atoms with Gasteiger partial charge in [-0.1, -0.05) is 0 Å². The zero-order valence-electron chi connectivity index (χ0n) is 9.63. The van der Waals surface area contributed by atoms with Gasteiger partial charge in [0.2, 0.25) is 0 Å². The maximum Gasteiger partial charge on any atom is 0.186 e. The fourth-order valence-corrected chi connectivity index (χ4v) is 2.36. The molecule has 0 radical (unpaired) electrons. The van der Waals surface area contributed by atoms with Crippen LogP contribution in [0.3, 0.4) is 0 Å². The molecule has 7 nitrogen and oxygen atoms in total. The Morgan fingerprint density at radius 3 is 3.06 bits per heavy atom. The van der Waals surface area contributed by atoms with E-state index in [0.717, 1.165) is 19.3 Å². The number of aliphatic hydroxyl groups is 1. The summed E-state index contributed by atoms with van der Waals surface area (Å²) >= 11 is 0. The van der Waals surface area contributed by atoms with Crippen molar-refractivity contribution in [2.24, 2.45) is 0 Å². The van der Waals surface area contributed by atoms with Crippen molar-refractivity contribution in [3.8, 4) is 0 Å². The van der Waals surface area contributed by atoms with Crippen LogP contribution in [0.1, 0.15) is 29.8 Å². The van der Waals surface area contributed by atoms with Crippen molar-refractivity contribution in [2.45, 2.75) is 31.4 Å². The van der Waals surface area contributed by atoms with Crippen molar-refractivity contribution in [2.75, 3.05) is 5.32 Å². The fraction of sp³-hybridized carbons (Fsp3) is 0.455. The standard InChI is InChI=1S/C11H13N5O2/c17-4-7-9-10(12-5-13-11(9)16-15-7)14-6-2-1-3-8(6)18/h4-6,8,18H,1-3H2,(H2,12,13,14,15,16)/t6-,8-/m1/s1. The Morgan fingerprint density at radius 1 is 1.44 bits per heavy atom. The van der Waals surface area contributed by atoms with Crippen LogP contribution >= 0.6 is 0 Å². The number of aldehydes is 1. The van der Waals surface area contributed by atoms with E-state index in [1.807, 2.05) is 0 Å². The normalized spacial score (nSPS) is 23.4. The van der Waals surface area contributed by atoms with E-state index < -0.39 is 0 Å². The van der Waals surface area contributed by atoms with Gasteiger partial charge in [-0.3, -0.25) is 9.89 Å². The second-order valence-electron chi connectivity index (χ2n) is 4.43. The fourth-order valence-electron chi connectivity index (χ4n) is 2.36. The maximum atomic E-state index is 10.9. The third-order valence-corrected chi connectivity index (χ3v) is 3.30. The van der Waals surface area contributed by atoms with E-state index in [1.165, 1.54) is 6.33 Å². The summed E-state index contributed by atoms with van der Waals surface area (Å²) in [6, 6.07) is -0.0301. The van der Waals surface area contributed by atoms with Crippen LogP contribution in [0.2, 0.25) is 0 Å². The van der Waals surface area contributed by atoms with Gasteiger partial charge in [-0.15, -0.1) is 0 Å². The monoisotopic (exact) mass is 247 g/mol. The second-order valence-corrected chi connectivity index (χ2v) is 4.43. The molecule has 94 valence electrons. The minimum atomic E-state index is -0.374. The topological polar surface area (TPSA) is 104 Å². The first-order chi connectivity index (χ1) is 8.79. The summed E-state index contributed by atoms with van der Waals surface area (Å²) in [5.41, 5.74) is 0.794. The molecule has 1 aliphatic rings. The molecule has 1 fully saturated rings. The molecule has 0 saturated heterocycles. The summed E-state index contributed by atoms with van der Waals surface area (Å²) in [5, 5.41) is 20.1. The van der Waals surface area contributed by atoms with Gasteiger partial charge < -0.3 is 10.4 Å². The van der Waals surface area contributed by atoms with E-state index >= 15 is 0 Å². The van der Waals surface area contributed by atoms with Gasteiger partial charge in [0.1, 0.15) is 17.8 Å². The SMILES string of the molecule is O=Cc1[nH]nc2ncnc(N[C@@H]3CCC[C@H]3O)c12. The van der Waals surface area contributed by atoms with Crippen LogP contribution in [-0.4, -0.2) is 43.7 Å². The number of anilines is 1. The minimum absolute atomic E-state index is 0.0301. The number of hydrogen-bond donors (Lipinski definition) is 3. The Hall–Kier alpha value is -2.02. The van der Waals surface area contributed by atoms with Gasteiger partial charge in [-0.25, -0.2) is 9.97 Å². The number of carbonyl (C=O) groups is 1. The summed E-state index contributed by atoms with van der Waals surface area (Å²) < 4.78 is 0. The summed E-state index contributed by atoms with van der Waals surface area (Å²) in [6.45, 7) is 0. The molecule has 1 saturated carbocycles. The van der Waals surface area contributed by atoms with Crippen LogP contribution in [0, 0.1) is 0 Å². The van der Waals surface area contributed by atoms with Crippen molar-refractivity contribution >= 4 is 23.1 Å². The predicted octanol–water partition coefficient (Wildman–Crippen LogP) is 0.491. The van der Waals surface area contributed by atoms with Gasteiger partial charge in [0.15, 0.2) is 11.9 Å². The van der Waals surface area contributed by atoms with Crippen molar-refractivity contribution in [1.82, 2.24) is 20.2 Å². The third kappa shape index (κ3) is 1.72. The van der Waals surface area contributed by atoms with Gasteiger partial charge in [-0.2, -0.15) is 5.10 Å². The zero-order chi connectivity index (χ0) is 12.5. The van der Waals surface area contributed by atoms with E-state index in [0.29, 0.717) is 28.8 Å². The van der Waals surface area contributed by atoms with Crippen LogP contribution in [0.4, 0.5) is 5.82 Å². The number of hydrogen-bond acceptors (Lipinski definition) is 6. The molecule has 2 aromatic heterocycles. The van der Waals surface area contributed by atoms with Gasteiger partial charge in [-0.05, 0) is 19.3 Å². The molecular weight excluding hydrogens is 234 g/mol. The lowest BCUT2D eigenvalue weighted by Crippen LogP contribution is -2.28. The Balaban J connectivity index is 2.00. The average molecular weight is 247 g/mol. The van der Waals surface area contributed by atoms with Crippen molar-refractivity contribution < 1.29 is 9.90 Å². The Labute approximate surface area is 103 Å². The molecule has 2 heterocycles. The molecule has 0 unspecified atom stereocenters. The summed E-state index contributed by atoms with van der Waals surface area (Å²) in [7, 11) is 0. The summed E-state index contributed by atoms with van der Waals surface area (Å²) in [5.74, 6) is 0.543. The molecule has 2 aromatic rings. The number of aromatic amines is 1. The lowest BCUT2D eigenvalue weighted by molar-refractivity contribution is 0.112. The Kier molecular flexibility index (Phi) is 2.67. The molecule has 0 amide bonds. The first-order valence-corrected chi connectivity index (χ1v) is 5.88. The quantitative estimate of drug-likeness (QED) is 0.682. The number of nitrogens with zero attached hydrogens (tertiary/aromatic N) is 3. The molecule has 0 aromatic carbocycles. The lowest BCUT2D eigenvalue weighted by atomic mass is 10.2. The third-order valence-electron chi connectivity index (χ3n) is 3.30. The first kappa shape index (κ1) is 11.1. The van der Waals surface area contributed by atoms with Gasteiger partial charge in [0.25, 0.3) is 0 Å². The summed E-state index contributed by atoms with van der Waals surface area (Å²) in [6.07, 6.45) is 4.37. The smallest absolute Gasteiger partial charge is 0.186 e. The van der Waals surface area contributed by atoms with E-state index in [1.54, 1.807) is 0 Å². The highest BCUT2D eigenvalue weighted by atomic mass is 16.3. The number of aromatic nitrogens is 4. The molecular formula is C11H13N5O2. The number of carbonyl (C=O) groups excluding carboxylic acids is 1. The molecule has 0 aliphatic heterocycles. The highest BCUT2D eigenvalue weighted by Crippen LogP contribution is 2.26. The van der Waals surface area contributed by atoms with Crippen LogP contribution in [-0.2, 0) is 0 Å². The van der Waals surface area contributed by atoms with Gasteiger partial charge >= 0.3 is 0 Å². The molecule has 0 bridgehead atoms. The van der Waals surface area contributed by atoms with Crippen molar-refractivity contribution in [3.63, 3.8) is 0 Å². The minimum Gasteiger partial charge on any atom is -0.391 e. The number of aliphatic hydroxyl groups excluding tert-OH is 1.